The van der Waals surface area contributed by atoms with Crippen molar-refractivity contribution in [1.82, 2.24) is 14.9 Å². The van der Waals surface area contributed by atoms with Crippen LogP contribution in [0.2, 0.25) is 0 Å². The minimum Gasteiger partial charge on any atom is -0.490 e. The molecule has 0 amide bonds. The minimum atomic E-state index is 0.306. The van der Waals surface area contributed by atoms with Crippen molar-refractivity contribution in [3.05, 3.63) is 82.2 Å². The lowest BCUT2D eigenvalue weighted by Gasteiger charge is -2.34. The van der Waals surface area contributed by atoms with Gasteiger partial charge in [0.15, 0.2) is 0 Å². The highest BCUT2D eigenvalue weighted by atomic mass is 16.5. The van der Waals surface area contributed by atoms with Crippen molar-refractivity contribution >= 4 is 10.9 Å². The Morgan fingerprint density at radius 1 is 0.973 bits per heavy atom. The molecule has 1 N–H and O–H groups in total. The molecule has 4 heteroatoms. The zero-order chi connectivity index (χ0) is 25.5. The third-order valence-electron chi connectivity index (χ3n) is 8.67. The van der Waals surface area contributed by atoms with Gasteiger partial charge < -0.3 is 9.72 Å². The first-order valence-corrected chi connectivity index (χ1v) is 14.0. The van der Waals surface area contributed by atoms with Gasteiger partial charge in [-0.3, -0.25) is 9.88 Å². The third kappa shape index (κ3) is 4.57. The Morgan fingerprint density at radius 2 is 1.78 bits per heavy atom. The molecule has 2 aliphatic rings. The maximum Gasteiger partial charge on any atom is 0.128 e. The molecule has 2 aromatic carbocycles. The molecule has 1 saturated carbocycles. The van der Waals surface area contributed by atoms with E-state index in [1.54, 1.807) is 0 Å². The fourth-order valence-corrected chi connectivity index (χ4v) is 6.65. The van der Waals surface area contributed by atoms with Crippen LogP contribution in [0.25, 0.3) is 22.2 Å². The molecule has 192 valence electrons. The lowest BCUT2D eigenvalue weighted by molar-refractivity contribution is 0.189. The van der Waals surface area contributed by atoms with Crippen LogP contribution in [0.5, 0.6) is 5.75 Å². The molecule has 6 rings (SSSR count). The van der Waals surface area contributed by atoms with Gasteiger partial charge in [0.25, 0.3) is 0 Å². The van der Waals surface area contributed by atoms with Crippen molar-refractivity contribution in [1.29, 1.82) is 0 Å². The number of nitrogens with zero attached hydrogens (tertiary/aromatic N) is 2. The quantitative estimate of drug-likeness (QED) is 0.296. The molecule has 2 aliphatic carbocycles. The Bertz CT molecular complexity index is 1430. The number of aromatic nitrogens is 2. The van der Waals surface area contributed by atoms with Crippen molar-refractivity contribution < 1.29 is 4.74 Å². The maximum atomic E-state index is 6.80. The van der Waals surface area contributed by atoms with Crippen LogP contribution < -0.4 is 4.74 Å². The molecule has 0 spiro atoms. The number of pyridine rings is 1. The summed E-state index contributed by atoms with van der Waals surface area (Å²) >= 11 is 0. The number of nitrogens with one attached hydrogen (secondary N) is 1. The summed E-state index contributed by atoms with van der Waals surface area (Å²) in [6.45, 7) is 7.38. The Kier molecular flexibility index (Phi) is 6.54. The molecule has 2 aromatic heterocycles. The molecule has 4 nitrogen and oxygen atoms in total. The van der Waals surface area contributed by atoms with Gasteiger partial charge >= 0.3 is 0 Å². The van der Waals surface area contributed by atoms with E-state index in [-0.39, 0.29) is 0 Å². The zero-order valence-corrected chi connectivity index (χ0v) is 22.7. The van der Waals surface area contributed by atoms with Gasteiger partial charge in [0.2, 0.25) is 0 Å². The second kappa shape index (κ2) is 9.98. The van der Waals surface area contributed by atoms with E-state index in [0.29, 0.717) is 12.1 Å². The first kappa shape index (κ1) is 24.2. The number of aryl methyl sites for hydroxylation is 4. The predicted molar refractivity (Wildman–Crippen MR) is 152 cm³/mol. The SMILES string of the molecule is Cc1ccc2[nH]cc(C)c2c1-c1cc(OC2CCCC2)c(CN(C)C2CCCc3ccccc32)c(C)n1. The van der Waals surface area contributed by atoms with E-state index in [1.165, 1.54) is 70.9 Å². The number of ether oxygens (including phenoxy) is 1. The summed E-state index contributed by atoms with van der Waals surface area (Å²) in [6, 6.07) is 16.0. The van der Waals surface area contributed by atoms with E-state index in [0.717, 1.165) is 42.0 Å². The van der Waals surface area contributed by atoms with E-state index < -0.39 is 0 Å². The fraction of sp³-hybridized carbons (Fsp3) is 0.424. The summed E-state index contributed by atoms with van der Waals surface area (Å²) in [5, 5.41) is 1.27. The average Bonchev–Trinajstić information content (AvgIpc) is 3.55. The minimum absolute atomic E-state index is 0.306. The Morgan fingerprint density at radius 3 is 2.62 bits per heavy atom. The number of hydrogen-bond acceptors (Lipinski definition) is 3. The van der Waals surface area contributed by atoms with Crippen LogP contribution in [0.3, 0.4) is 0 Å². The molecule has 0 saturated heterocycles. The fourth-order valence-electron chi connectivity index (χ4n) is 6.65. The van der Waals surface area contributed by atoms with Crippen molar-refractivity contribution in [2.24, 2.45) is 0 Å². The number of aromatic amines is 1. The number of hydrogen-bond donors (Lipinski definition) is 1. The number of rotatable bonds is 6. The summed E-state index contributed by atoms with van der Waals surface area (Å²) in [5.41, 5.74) is 11.2. The third-order valence-corrected chi connectivity index (χ3v) is 8.67. The summed E-state index contributed by atoms with van der Waals surface area (Å²) in [6.07, 6.45) is 10.9. The molecule has 1 fully saturated rings. The van der Waals surface area contributed by atoms with Gasteiger partial charge in [-0.25, -0.2) is 0 Å². The Hall–Kier alpha value is -3.11. The van der Waals surface area contributed by atoms with Gasteiger partial charge in [0.05, 0.1) is 11.8 Å². The normalized spacial score (nSPS) is 18.0. The van der Waals surface area contributed by atoms with Gasteiger partial charge in [-0.1, -0.05) is 30.3 Å². The largest absolute Gasteiger partial charge is 0.490 e. The molecule has 1 atom stereocenters. The highest BCUT2D eigenvalue weighted by Crippen LogP contribution is 2.39. The highest BCUT2D eigenvalue weighted by molar-refractivity contribution is 5.98. The Labute approximate surface area is 221 Å². The van der Waals surface area contributed by atoms with E-state index in [4.69, 9.17) is 9.72 Å². The summed E-state index contributed by atoms with van der Waals surface area (Å²) in [5.74, 6) is 1.02. The van der Waals surface area contributed by atoms with E-state index in [2.05, 4.69) is 86.4 Å². The second-order valence-electron chi connectivity index (χ2n) is 11.3. The summed E-state index contributed by atoms with van der Waals surface area (Å²) in [7, 11) is 2.27. The zero-order valence-electron chi connectivity index (χ0n) is 22.7. The van der Waals surface area contributed by atoms with Gasteiger partial charge in [-0.2, -0.15) is 0 Å². The smallest absolute Gasteiger partial charge is 0.128 e. The summed E-state index contributed by atoms with van der Waals surface area (Å²) in [4.78, 5) is 11.2. The van der Waals surface area contributed by atoms with Crippen molar-refractivity contribution in [2.75, 3.05) is 7.05 Å². The first-order chi connectivity index (χ1) is 18.0. The number of fused-ring (bicyclic) bond motifs is 2. The van der Waals surface area contributed by atoms with Crippen molar-refractivity contribution in [2.45, 2.75) is 84.4 Å². The number of benzene rings is 2. The van der Waals surface area contributed by atoms with Crippen LogP contribution in [0.4, 0.5) is 0 Å². The first-order valence-electron chi connectivity index (χ1n) is 14.0. The molecule has 2 heterocycles. The maximum absolute atomic E-state index is 6.80. The van der Waals surface area contributed by atoms with Gasteiger partial charge in [0, 0.05) is 52.6 Å². The molecular formula is C33H39N3O. The van der Waals surface area contributed by atoms with Crippen LogP contribution in [-0.2, 0) is 13.0 Å². The van der Waals surface area contributed by atoms with Crippen LogP contribution >= 0.6 is 0 Å². The van der Waals surface area contributed by atoms with E-state index in [9.17, 15) is 0 Å². The van der Waals surface area contributed by atoms with Crippen molar-refractivity contribution in [3.63, 3.8) is 0 Å². The average molecular weight is 494 g/mol. The van der Waals surface area contributed by atoms with Gasteiger partial charge in [0.1, 0.15) is 5.75 Å². The van der Waals surface area contributed by atoms with E-state index in [1.807, 2.05) is 0 Å². The van der Waals surface area contributed by atoms with Gasteiger partial charge in [-0.05, 0) is 101 Å². The molecule has 1 unspecified atom stereocenters. The molecule has 0 aliphatic heterocycles. The Balaban J connectivity index is 1.41. The molecule has 0 radical (unpaired) electrons. The lowest BCUT2D eigenvalue weighted by Crippen LogP contribution is -2.28. The second-order valence-corrected chi connectivity index (χ2v) is 11.3. The van der Waals surface area contributed by atoms with Crippen LogP contribution in [-0.4, -0.2) is 28.0 Å². The standard InChI is InChI=1S/C33H39N3O/c1-21-16-17-28-33(22(2)19-34-28)32(21)29-18-31(37-25-12-6-7-13-25)27(23(3)35-29)20-36(4)30-15-9-11-24-10-5-8-14-26(24)30/h5,8,10,14,16-19,25,30,34H,6-7,9,11-13,15,20H2,1-4H3. The lowest BCUT2D eigenvalue weighted by atomic mass is 9.87. The predicted octanol–water partition coefficient (Wildman–Crippen LogP) is 7.99. The monoisotopic (exact) mass is 493 g/mol. The summed E-state index contributed by atoms with van der Waals surface area (Å²) < 4.78 is 6.80. The van der Waals surface area contributed by atoms with Crippen LogP contribution in [0, 0.1) is 20.8 Å². The topological polar surface area (TPSA) is 41.1 Å². The van der Waals surface area contributed by atoms with Gasteiger partial charge in [-0.15, -0.1) is 0 Å². The van der Waals surface area contributed by atoms with Crippen molar-refractivity contribution in [3.8, 4) is 17.0 Å². The van der Waals surface area contributed by atoms with Crippen LogP contribution in [0.15, 0.2) is 48.7 Å². The van der Waals surface area contributed by atoms with Crippen LogP contribution in [0.1, 0.15) is 78.1 Å². The number of H-pyrrole nitrogens is 1. The van der Waals surface area contributed by atoms with E-state index >= 15 is 0 Å². The molecular weight excluding hydrogens is 454 g/mol. The molecule has 0 bridgehead atoms. The molecule has 37 heavy (non-hydrogen) atoms. The molecule has 4 aromatic rings. The highest BCUT2D eigenvalue weighted by Gasteiger charge is 2.27.